The van der Waals surface area contributed by atoms with Gasteiger partial charge in [-0.25, -0.2) is 0 Å². The number of quaternary nitrogens is 3. The number of likely N-dealkylation sites (tertiary alicyclic amines) is 1. The van der Waals surface area contributed by atoms with Crippen molar-refractivity contribution in [3.63, 3.8) is 0 Å². The third-order valence-corrected chi connectivity index (χ3v) is 15.5. The molecule has 0 saturated carbocycles. The van der Waals surface area contributed by atoms with Crippen LogP contribution in [0.15, 0.2) is 0 Å². The molecule has 0 aliphatic carbocycles. The number of amides is 4. The highest BCUT2D eigenvalue weighted by atomic mass is 32.2. The quantitative estimate of drug-likeness (QED) is 0.0345. The van der Waals surface area contributed by atoms with Gasteiger partial charge >= 0.3 is 23.9 Å². The first kappa shape index (κ1) is 69.1. The van der Waals surface area contributed by atoms with E-state index in [2.05, 4.69) is 79.4 Å². The van der Waals surface area contributed by atoms with Crippen LogP contribution in [0.25, 0.3) is 0 Å². The van der Waals surface area contributed by atoms with Crippen LogP contribution in [0.3, 0.4) is 0 Å². The van der Waals surface area contributed by atoms with Crippen LogP contribution in [-0.4, -0.2) is 254 Å². The molecule has 0 radical (unpaired) electrons. The molecule has 0 spiro atoms. The number of carbonyl (C=O) groups is 8. The van der Waals surface area contributed by atoms with E-state index in [4.69, 9.17) is 18.9 Å². The summed E-state index contributed by atoms with van der Waals surface area (Å²) >= 11 is 5.85. The average Bonchev–Trinajstić information content (AvgIpc) is 3.75. The van der Waals surface area contributed by atoms with E-state index in [0.717, 1.165) is 65.3 Å². The molecule has 0 aromatic carbocycles. The largest absolute Gasteiger partial charge is 0.465 e. The average molecular weight is 1130 g/mol. The van der Waals surface area contributed by atoms with E-state index < -0.39 is 49.1 Å². The molecular weight excluding hydrogens is 1030 g/mol. The Hall–Kier alpha value is -2.96. The summed E-state index contributed by atoms with van der Waals surface area (Å²) in [5.74, 6) is 1.49. The third kappa shape index (κ3) is 39.4. The van der Waals surface area contributed by atoms with E-state index >= 15 is 0 Å². The topological polar surface area (TPSA) is 213 Å². The summed E-state index contributed by atoms with van der Waals surface area (Å²) < 4.78 is 25.5. The molecule has 4 amide bonds. The SMILES string of the molecule is CC(CSCCC(=O)OCC(COC(=O)CCSCCC(=O)NCCC[N+](C)(C)C)(COC(=O)CCSCCC(=O)NCCC[N+](C)(C)C)COC(=O)CCSCCC(=O)NCCC[N+](C)(C)C)N1CCCC1=O. The zero-order valence-electron chi connectivity index (χ0n) is 46.8. The van der Waals surface area contributed by atoms with E-state index in [1.165, 1.54) is 47.0 Å². The summed E-state index contributed by atoms with van der Waals surface area (Å²) in [5, 5.41) is 8.81. The second-order valence-electron chi connectivity index (χ2n) is 22.0. The van der Waals surface area contributed by atoms with Crippen LogP contribution in [0.5, 0.6) is 0 Å². The molecule has 428 valence electrons. The van der Waals surface area contributed by atoms with Gasteiger partial charge in [-0.3, -0.25) is 38.4 Å². The highest BCUT2D eigenvalue weighted by Gasteiger charge is 2.38. The van der Waals surface area contributed by atoms with E-state index in [9.17, 15) is 38.4 Å². The number of hydrogen-bond donors (Lipinski definition) is 3. The van der Waals surface area contributed by atoms with Crippen molar-refractivity contribution >= 4 is 94.6 Å². The highest BCUT2D eigenvalue weighted by molar-refractivity contribution is 7.99. The lowest BCUT2D eigenvalue weighted by Gasteiger charge is -2.31. The Labute approximate surface area is 461 Å². The molecule has 0 bridgehead atoms. The van der Waals surface area contributed by atoms with Crippen molar-refractivity contribution in [1.29, 1.82) is 0 Å². The first-order valence-corrected chi connectivity index (χ1v) is 30.8. The molecule has 0 aromatic heterocycles. The molecule has 23 heteroatoms. The predicted octanol–water partition coefficient (Wildman–Crippen LogP) is 3.46. The molecule has 0 aromatic rings. The van der Waals surface area contributed by atoms with Gasteiger partial charge in [0.15, 0.2) is 0 Å². The van der Waals surface area contributed by atoms with Gasteiger partial charge < -0.3 is 53.2 Å². The Morgan fingerprint density at radius 1 is 0.500 bits per heavy atom. The molecule has 3 N–H and O–H groups in total. The molecule has 1 heterocycles. The maximum absolute atomic E-state index is 13.2. The minimum atomic E-state index is -1.46. The number of nitrogens with one attached hydrogen (secondary N) is 3. The Morgan fingerprint density at radius 2 is 0.797 bits per heavy atom. The zero-order valence-corrected chi connectivity index (χ0v) is 50.1. The second kappa shape index (κ2) is 38.6. The lowest BCUT2D eigenvalue weighted by molar-refractivity contribution is -0.870. The first-order chi connectivity index (χ1) is 34.8. The molecule has 1 fully saturated rings. The fourth-order valence-electron chi connectivity index (χ4n) is 6.98. The summed E-state index contributed by atoms with van der Waals surface area (Å²) in [6.07, 6.45) is 5.00. The number of ether oxygens (including phenoxy) is 4. The van der Waals surface area contributed by atoms with E-state index in [1.54, 1.807) is 0 Å². The van der Waals surface area contributed by atoms with E-state index in [0.29, 0.717) is 91.3 Å². The normalized spacial score (nSPS) is 13.5. The van der Waals surface area contributed by atoms with Gasteiger partial charge in [-0.1, -0.05) is 0 Å². The monoisotopic (exact) mass is 1130 g/mol. The van der Waals surface area contributed by atoms with Crippen LogP contribution >= 0.6 is 47.0 Å². The number of rotatable bonds is 44. The minimum Gasteiger partial charge on any atom is -0.465 e. The number of esters is 4. The van der Waals surface area contributed by atoms with Crippen molar-refractivity contribution < 1.29 is 70.8 Å². The fourth-order valence-corrected chi connectivity index (χ4v) is 10.5. The molecule has 1 saturated heterocycles. The van der Waals surface area contributed by atoms with Crippen molar-refractivity contribution in [1.82, 2.24) is 20.9 Å². The minimum absolute atomic E-state index is 0.0147. The van der Waals surface area contributed by atoms with E-state index in [-0.39, 0.29) is 62.0 Å². The van der Waals surface area contributed by atoms with Gasteiger partial charge in [-0.2, -0.15) is 47.0 Å². The maximum atomic E-state index is 13.2. The van der Waals surface area contributed by atoms with Crippen molar-refractivity contribution in [3.05, 3.63) is 0 Å². The first-order valence-electron chi connectivity index (χ1n) is 26.2. The van der Waals surface area contributed by atoms with Crippen LogP contribution < -0.4 is 16.0 Å². The molecular formula is C51H96N7O12S4+3. The molecule has 1 aliphatic heterocycles. The Kier molecular flexibility index (Phi) is 36.0. The Morgan fingerprint density at radius 3 is 1.08 bits per heavy atom. The van der Waals surface area contributed by atoms with Crippen molar-refractivity contribution in [2.24, 2.45) is 5.41 Å². The number of nitrogens with zero attached hydrogens (tertiary/aromatic N) is 4. The smallest absolute Gasteiger partial charge is 0.306 e. The van der Waals surface area contributed by atoms with Gasteiger partial charge in [-0.15, -0.1) is 0 Å². The molecule has 19 nitrogen and oxygen atoms in total. The van der Waals surface area contributed by atoms with Gasteiger partial charge in [0.05, 0.1) is 109 Å². The van der Waals surface area contributed by atoms with Crippen LogP contribution in [0.2, 0.25) is 0 Å². The van der Waals surface area contributed by atoms with Gasteiger partial charge in [0.2, 0.25) is 23.6 Å². The maximum Gasteiger partial charge on any atom is 0.306 e. The van der Waals surface area contributed by atoms with Gasteiger partial charge in [0.1, 0.15) is 31.8 Å². The van der Waals surface area contributed by atoms with Crippen LogP contribution in [0, 0.1) is 5.41 Å². The Bertz CT molecular complexity index is 1550. The number of thioether (sulfide) groups is 4. The van der Waals surface area contributed by atoms with Crippen LogP contribution in [0.1, 0.15) is 84.0 Å². The van der Waals surface area contributed by atoms with Crippen molar-refractivity contribution in [2.75, 3.05) is 182 Å². The molecule has 1 aliphatic rings. The summed E-state index contributed by atoms with van der Waals surface area (Å²) in [6, 6.07) is 0.0277. The number of hydrogen-bond acceptors (Lipinski definition) is 16. The predicted molar refractivity (Wildman–Crippen MR) is 300 cm³/mol. The zero-order chi connectivity index (χ0) is 55.5. The summed E-state index contributed by atoms with van der Waals surface area (Å²) in [7, 11) is 18.9. The summed E-state index contributed by atoms with van der Waals surface area (Å²) in [6.45, 7) is 5.75. The second-order valence-corrected chi connectivity index (χ2v) is 26.8. The van der Waals surface area contributed by atoms with Gasteiger partial charge in [0, 0.05) is 123 Å². The van der Waals surface area contributed by atoms with Crippen molar-refractivity contribution in [3.8, 4) is 0 Å². The highest BCUT2D eigenvalue weighted by Crippen LogP contribution is 2.24. The molecule has 1 unspecified atom stereocenters. The van der Waals surface area contributed by atoms with Crippen molar-refractivity contribution in [2.45, 2.75) is 90.0 Å². The number of carbonyl (C=O) groups excluding carboxylic acids is 8. The lowest BCUT2D eigenvalue weighted by atomic mass is 9.92. The molecule has 1 atom stereocenters. The fraction of sp³-hybridized carbons (Fsp3) is 0.843. The van der Waals surface area contributed by atoms with E-state index in [1.807, 2.05) is 11.8 Å². The standard InChI is InChI=1S/C51H93N7O12S4/c1-42(55-26-11-15-46(55)62)37-74-36-22-50(66)70-41-51(38-67-47(63)19-33-71-30-16-43(59)52-23-12-27-56(2,3)4,39-68-48(64)20-34-72-31-17-44(60)53-24-13-28-57(5,6)7)40-69-49(65)21-35-73-32-18-45(61)54-25-14-29-58(8,9)10/h42H,11-41H2,1-10H3/p+3. The summed E-state index contributed by atoms with van der Waals surface area (Å²) in [5.41, 5.74) is -1.46. The molecule has 1 rings (SSSR count). The van der Waals surface area contributed by atoms with Crippen LogP contribution in [-0.2, 0) is 57.3 Å². The van der Waals surface area contributed by atoms with Crippen LogP contribution in [0.4, 0.5) is 0 Å². The summed E-state index contributed by atoms with van der Waals surface area (Å²) in [4.78, 5) is 104. The van der Waals surface area contributed by atoms with Gasteiger partial charge in [-0.05, 0) is 13.3 Å². The lowest BCUT2D eigenvalue weighted by Crippen LogP contribution is -2.44. The Balaban J connectivity index is 2.99. The molecule has 74 heavy (non-hydrogen) atoms. The third-order valence-electron chi connectivity index (χ3n) is 11.4. The van der Waals surface area contributed by atoms with Gasteiger partial charge in [0.25, 0.3) is 0 Å².